The molecule has 0 saturated heterocycles. The van der Waals surface area contributed by atoms with Crippen LogP contribution >= 0.6 is 0 Å². The first-order valence-electron chi connectivity index (χ1n) is 15.4. The average Bonchev–Trinajstić information content (AvgIpc) is 3.49. The Labute approximate surface area is 259 Å². The average molecular weight is 572 g/mol. The van der Waals surface area contributed by atoms with Gasteiger partial charge in [0, 0.05) is 33.5 Å². The van der Waals surface area contributed by atoms with E-state index in [1.807, 2.05) is 24.4 Å². The first-order valence-corrected chi connectivity index (χ1v) is 15.4. The van der Waals surface area contributed by atoms with E-state index in [2.05, 4.69) is 127 Å². The Morgan fingerprint density at radius 1 is 0.400 bits per heavy atom. The maximum absolute atomic E-state index is 6.40. The number of fused-ring (bicyclic) bond motifs is 4. The Morgan fingerprint density at radius 3 is 1.87 bits per heavy atom. The van der Waals surface area contributed by atoms with Crippen molar-refractivity contribution in [3.63, 3.8) is 0 Å². The number of rotatable bonds is 3. The quantitative estimate of drug-likeness (QED) is 0.197. The van der Waals surface area contributed by atoms with E-state index < -0.39 is 0 Å². The van der Waals surface area contributed by atoms with Crippen LogP contribution in [0.2, 0.25) is 0 Å². The predicted octanol–water partition coefficient (Wildman–Crippen LogP) is 12.0. The van der Waals surface area contributed by atoms with Crippen molar-refractivity contribution in [1.82, 2.24) is 4.98 Å². The lowest BCUT2D eigenvalue weighted by Crippen LogP contribution is -1.90. The van der Waals surface area contributed by atoms with Crippen LogP contribution in [0.25, 0.3) is 98.5 Å². The number of hydrogen-bond donors (Lipinski definition) is 0. The molecule has 10 aromatic rings. The summed E-state index contributed by atoms with van der Waals surface area (Å²) in [6.45, 7) is 0. The number of pyridine rings is 1. The maximum atomic E-state index is 6.40. The molecule has 2 aromatic heterocycles. The fourth-order valence-corrected chi connectivity index (χ4v) is 7.35. The van der Waals surface area contributed by atoms with Crippen LogP contribution in [0.1, 0.15) is 0 Å². The molecule has 0 radical (unpaired) electrons. The summed E-state index contributed by atoms with van der Waals surface area (Å²) in [5.41, 5.74) is 9.89. The fourth-order valence-electron chi connectivity index (χ4n) is 7.35. The molecule has 0 aliphatic heterocycles. The Hall–Kier alpha value is -5.99. The van der Waals surface area contributed by atoms with Crippen LogP contribution in [0.15, 0.2) is 156 Å². The minimum absolute atomic E-state index is 0.918. The van der Waals surface area contributed by atoms with Gasteiger partial charge in [-0.15, -0.1) is 0 Å². The summed E-state index contributed by atoms with van der Waals surface area (Å²) in [7, 11) is 0. The molecule has 2 heteroatoms. The highest BCUT2D eigenvalue weighted by atomic mass is 16.3. The van der Waals surface area contributed by atoms with Crippen LogP contribution in [-0.2, 0) is 0 Å². The second kappa shape index (κ2) is 9.25. The first-order chi connectivity index (χ1) is 22.3. The molecule has 0 aliphatic rings. The lowest BCUT2D eigenvalue weighted by Gasteiger charge is -2.17. The van der Waals surface area contributed by atoms with E-state index in [1.165, 1.54) is 49.0 Å². The van der Waals surface area contributed by atoms with Crippen LogP contribution in [0, 0.1) is 0 Å². The van der Waals surface area contributed by atoms with Crippen molar-refractivity contribution >= 4 is 65.2 Å². The third kappa shape index (κ3) is 3.60. The van der Waals surface area contributed by atoms with Gasteiger partial charge in [0.2, 0.25) is 0 Å². The highest BCUT2D eigenvalue weighted by Gasteiger charge is 2.17. The maximum Gasteiger partial charge on any atom is 0.143 e. The van der Waals surface area contributed by atoms with Gasteiger partial charge in [-0.2, -0.15) is 0 Å². The number of aromatic nitrogens is 1. The molecule has 0 fully saturated rings. The number of para-hydroxylation sites is 3. The van der Waals surface area contributed by atoms with Gasteiger partial charge in [0.15, 0.2) is 0 Å². The predicted molar refractivity (Wildman–Crippen MR) is 189 cm³/mol. The van der Waals surface area contributed by atoms with Gasteiger partial charge in [-0.3, -0.25) is 4.98 Å². The second-order valence-corrected chi connectivity index (χ2v) is 11.9. The number of nitrogens with zero attached hydrogens (tertiary/aromatic N) is 1. The van der Waals surface area contributed by atoms with Crippen LogP contribution in [-0.4, -0.2) is 4.98 Å². The summed E-state index contributed by atoms with van der Waals surface area (Å²) in [6.07, 6.45) is 2.01. The van der Waals surface area contributed by atoms with Gasteiger partial charge in [-0.05, 0) is 78.8 Å². The molecule has 0 N–H and O–H groups in total. The molecule has 0 amide bonds. The van der Waals surface area contributed by atoms with Gasteiger partial charge in [0.1, 0.15) is 11.2 Å². The molecule has 2 heterocycles. The van der Waals surface area contributed by atoms with Gasteiger partial charge in [0.25, 0.3) is 0 Å². The zero-order valence-corrected chi connectivity index (χ0v) is 24.3. The zero-order chi connectivity index (χ0) is 29.5. The molecule has 0 atom stereocenters. The summed E-state index contributed by atoms with van der Waals surface area (Å²) < 4.78 is 6.40. The highest BCUT2D eigenvalue weighted by molar-refractivity contribution is 6.27. The van der Waals surface area contributed by atoms with Gasteiger partial charge < -0.3 is 4.42 Å². The third-order valence-corrected chi connectivity index (χ3v) is 9.45. The van der Waals surface area contributed by atoms with Crippen LogP contribution in [0.3, 0.4) is 0 Å². The third-order valence-electron chi connectivity index (χ3n) is 9.45. The van der Waals surface area contributed by atoms with Gasteiger partial charge >= 0.3 is 0 Å². The van der Waals surface area contributed by atoms with Gasteiger partial charge in [0.05, 0.1) is 5.52 Å². The van der Waals surface area contributed by atoms with Gasteiger partial charge in [-0.1, -0.05) is 121 Å². The van der Waals surface area contributed by atoms with Crippen molar-refractivity contribution < 1.29 is 4.42 Å². The van der Waals surface area contributed by atoms with Crippen molar-refractivity contribution in [2.24, 2.45) is 0 Å². The largest absolute Gasteiger partial charge is 0.455 e. The van der Waals surface area contributed by atoms with E-state index in [1.54, 1.807) is 0 Å². The monoisotopic (exact) mass is 571 g/mol. The van der Waals surface area contributed by atoms with E-state index in [0.29, 0.717) is 0 Å². The summed E-state index contributed by atoms with van der Waals surface area (Å²) in [4.78, 5) is 4.78. The Kier molecular flexibility index (Phi) is 5.03. The van der Waals surface area contributed by atoms with Crippen molar-refractivity contribution in [2.45, 2.75) is 0 Å². The van der Waals surface area contributed by atoms with Crippen molar-refractivity contribution in [2.75, 3.05) is 0 Å². The number of furan rings is 1. The van der Waals surface area contributed by atoms with Crippen molar-refractivity contribution in [1.29, 1.82) is 0 Å². The van der Waals surface area contributed by atoms with E-state index >= 15 is 0 Å². The summed E-state index contributed by atoms with van der Waals surface area (Å²) in [5, 5.41) is 11.1. The molecule has 0 spiro atoms. The molecular formula is C43H25NO. The minimum atomic E-state index is 0.918. The van der Waals surface area contributed by atoms with E-state index in [4.69, 9.17) is 9.40 Å². The Bertz CT molecular complexity index is 2770. The van der Waals surface area contributed by atoms with E-state index in [9.17, 15) is 0 Å². The number of benzene rings is 8. The fraction of sp³-hybridized carbons (Fsp3) is 0. The summed E-state index contributed by atoms with van der Waals surface area (Å²) in [6, 6.07) is 52.3. The van der Waals surface area contributed by atoms with Crippen LogP contribution in [0.4, 0.5) is 0 Å². The number of hydrogen-bond acceptors (Lipinski definition) is 2. The highest BCUT2D eigenvalue weighted by Crippen LogP contribution is 2.43. The Balaban J connectivity index is 1.17. The van der Waals surface area contributed by atoms with Crippen LogP contribution < -0.4 is 0 Å². The van der Waals surface area contributed by atoms with E-state index in [0.717, 1.165) is 49.5 Å². The molecule has 45 heavy (non-hydrogen) atoms. The normalized spacial score (nSPS) is 12.0. The molecule has 0 saturated carbocycles. The standard InChI is InChI=1S/C43H25NO/c1-3-13-39-30(7-1)24-31(25-44-39)33-20-16-27-17-21-36-32(19-15-26-18-22-37(33)42(27)41(26)36)28-8-5-9-29(23-28)34-11-6-12-38-35-10-2-4-14-40(35)45-43(34)38/h1-25H. The summed E-state index contributed by atoms with van der Waals surface area (Å²) in [5.74, 6) is 0. The molecule has 0 unspecified atom stereocenters. The molecule has 2 nitrogen and oxygen atoms in total. The molecule has 0 bridgehead atoms. The van der Waals surface area contributed by atoms with Gasteiger partial charge in [-0.25, -0.2) is 0 Å². The zero-order valence-electron chi connectivity index (χ0n) is 24.3. The summed E-state index contributed by atoms with van der Waals surface area (Å²) >= 11 is 0. The molecular weight excluding hydrogens is 546 g/mol. The minimum Gasteiger partial charge on any atom is -0.455 e. The molecule has 208 valence electrons. The first kappa shape index (κ1) is 24.5. The van der Waals surface area contributed by atoms with Crippen molar-refractivity contribution in [3.05, 3.63) is 152 Å². The van der Waals surface area contributed by atoms with Crippen LogP contribution in [0.5, 0.6) is 0 Å². The molecule has 10 rings (SSSR count). The van der Waals surface area contributed by atoms with Crippen molar-refractivity contribution in [3.8, 4) is 33.4 Å². The SMILES string of the molecule is c1cc(-c2ccc3ccc4c(-c5cnc6ccccc6c5)ccc5ccc2c3c54)cc(-c2cccc3c2oc2ccccc23)c1. The molecule has 8 aromatic carbocycles. The second-order valence-electron chi connectivity index (χ2n) is 11.9. The Morgan fingerprint density at radius 2 is 1.04 bits per heavy atom. The lowest BCUT2D eigenvalue weighted by molar-refractivity contribution is 0.670. The lowest BCUT2D eigenvalue weighted by atomic mass is 9.87. The molecule has 0 aliphatic carbocycles. The smallest absolute Gasteiger partial charge is 0.143 e. The van der Waals surface area contributed by atoms with E-state index in [-0.39, 0.29) is 0 Å². The topological polar surface area (TPSA) is 26.0 Å².